The molecule has 26 heavy (non-hydrogen) atoms. The maximum atomic E-state index is 12.3. The lowest BCUT2D eigenvalue weighted by Gasteiger charge is -2.08. The molecule has 1 amide bonds. The van der Waals surface area contributed by atoms with Crippen molar-refractivity contribution in [3.05, 3.63) is 58.4 Å². The number of carbonyl (C=O) groups excluding carboxylic acids is 1. The third kappa shape index (κ3) is 4.01. The number of nitrogens with one attached hydrogen (secondary N) is 1. The van der Waals surface area contributed by atoms with Gasteiger partial charge in [-0.25, -0.2) is 17.7 Å². The van der Waals surface area contributed by atoms with E-state index in [2.05, 4.69) is 10.3 Å². The summed E-state index contributed by atoms with van der Waals surface area (Å²) in [4.78, 5) is 17.4. The third-order valence-electron chi connectivity index (χ3n) is 3.55. The number of thiophene rings is 1. The summed E-state index contributed by atoms with van der Waals surface area (Å²) < 4.78 is 25.6. The maximum Gasteiger partial charge on any atom is 0.271 e. The van der Waals surface area contributed by atoms with Crippen LogP contribution in [0.3, 0.4) is 0 Å². The molecule has 0 aliphatic heterocycles. The zero-order valence-electron chi connectivity index (χ0n) is 14.2. The fraction of sp³-hybridized carbons (Fsp3) is 0.176. The Balaban J connectivity index is 1.65. The minimum atomic E-state index is -3.45. The van der Waals surface area contributed by atoms with E-state index in [4.69, 9.17) is 0 Å². The van der Waals surface area contributed by atoms with Crippen molar-refractivity contribution in [2.24, 2.45) is 0 Å². The molecule has 136 valence electrons. The van der Waals surface area contributed by atoms with E-state index in [0.29, 0.717) is 5.69 Å². The van der Waals surface area contributed by atoms with Gasteiger partial charge in [0.1, 0.15) is 14.9 Å². The van der Waals surface area contributed by atoms with Gasteiger partial charge in [0.2, 0.25) is 0 Å². The standard InChI is InChI=1S/C17H17N3O3S3/c1-20(2)26(22,23)15-9-8-13(25-15)10-18-16(21)14-11-24-17(19-14)12-6-4-3-5-7-12/h3-9,11H,10H2,1-2H3,(H,18,21). The molecule has 0 saturated heterocycles. The number of aromatic nitrogens is 1. The molecule has 3 aromatic rings. The topological polar surface area (TPSA) is 79.4 Å². The maximum absolute atomic E-state index is 12.3. The van der Waals surface area contributed by atoms with Crippen molar-refractivity contribution in [2.75, 3.05) is 14.1 Å². The van der Waals surface area contributed by atoms with Gasteiger partial charge in [0.05, 0.1) is 6.54 Å². The first-order chi connectivity index (χ1) is 12.4. The first-order valence-corrected chi connectivity index (χ1v) is 10.8. The number of hydrogen-bond donors (Lipinski definition) is 1. The molecule has 6 nitrogen and oxygen atoms in total. The number of rotatable bonds is 6. The number of amides is 1. The highest BCUT2D eigenvalue weighted by Gasteiger charge is 2.20. The van der Waals surface area contributed by atoms with Gasteiger partial charge in [0.25, 0.3) is 15.9 Å². The number of nitrogens with zero attached hydrogens (tertiary/aromatic N) is 2. The van der Waals surface area contributed by atoms with Crippen LogP contribution in [0.5, 0.6) is 0 Å². The molecule has 0 bridgehead atoms. The van der Waals surface area contributed by atoms with Gasteiger partial charge < -0.3 is 5.32 Å². The summed E-state index contributed by atoms with van der Waals surface area (Å²) in [6.45, 7) is 0.255. The van der Waals surface area contributed by atoms with Crippen LogP contribution in [0.15, 0.2) is 52.1 Å². The van der Waals surface area contributed by atoms with Crippen molar-refractivity contribution in [1.82, 2.24) is 14.6 Å². The van der Waals surface area contributed by atoms with Gasteiger partial charge in [-0.15, -0.1) is 22.7 Å². The van der Waals surface area contributed by atoms with E-state index in [1.54, 1.807) is 17.5 Å². The first kappa shape index (κ1) is 18.7. The average molecular weight is 408 g/mol. The van der Waals surface area contributed by atoms with Crippen molar-refractivity contribution in [1.29, 1.82) is 0 Å². The summed E-state index contributed by atoms with van der Waals surface area (Å²) in [6.07, 6.45) is 0. The Bertz CT molecular complexity index is 1010. The Morgan fingerprint density at radius 3 is 2.58 bits per heavy atom. The van der Waals surface area contributed by atoms with Crippen LogP contribution in [0.2, 0.25) is 0 Å². The lowest BCUT2D eigenvalue weighted by molar-refractivity contribution is 0.0947. The van der Waals surface area contributed by atoms with Gasteiger partial charge in [-0.2, -0.15) is 0 Å². The van der Waals surface area contributed by atoms with Crippen LogP contribution in [0.4, 0.5) is 0 Å². The van der Waals surface area contributed by atoms with Gasteiger partial charge in [-0.05, 0) is 12.1 Å². The minimum absolute atomic E-state index is 0.255. The predicted molar refractivity (Wildman–Crippen MR) is 104 cm³/mol. The number of thiazole rings is 1. The van der Waals surface area contributed by atoms with Crippen molar-refractivity contribution < 1.29 is 13.2 Å². The second-order valence-electron chi connectivity index (χ2n) is 5.59. The number of carbonyl (C=O) groups is 1. The summed E-state index contributed by atoms with van der Waals surface area (Å²) in [6, 6.07) is 12.9. The van der Waals surface area contributed by atoms with E-state index in [1.165, 1.54) is 29.7 Å². The summed E-state index contributed by atoms with van der Waals surface area (Å²) in [7, 11) is -0.467. The fourth-order valence-corrected chi connectivity index (χ4v) is 5.39. The van der Waals surface area contributed by atoms with Crippen molar-refractivity contribution in [3.63, 3.8) is 0 Å². The van der Waals surface area contributed by atoms with E-state index < -0.39 is 10.0 Å². The quantitative estimate of drug-likeness (QED) is 0.681. The van der Waals surface area contributed by atoms with E-state index in [1.807, 2.05) is 30.3 Å². The Kier molecular flexibility index (Phi) is 5.52. The van der Waals surface area contributed by atoms with E-state index in [9.17, 15) is 13.2 Å². The van der Waals surface area contributed by atoms with Crippen molar-refractivity contribution in [3.8, 4) is 10.6 Å². The average Bonchev–Trinajstić information content (AvgIpc) is 3.30. The molecule has 0 saturated carbocycles. The number of hydrogen-bond acceptors (Lipinski definition) is 6. The molecule has 0 atom stereocenters. The molecule has 0 aliphatic rings. The van der Waals surface area contributed by atoms with Crippen LogP contribution >= 0.6 is 22.7 Å². The molecule has 2 heterocycles. The molecule has 0 fully saturated rings. The highest BCUT2D eigenvalue weighted by Crippen LogP contribution is 2.25. The van der Waals surface area contributed by atoms with Gasteiger partial charge in [0, 0.05) is 29.9 Å². The van der Waals surface area contributed by atoms with Crippen LogP contribution in [0.25, 0.3) is 10.6 Å². The number of benzene rings is 1. The zero-order valence-corrected chi connectivity index (χ0v) is 16.6. The van der Waals surface area contributed by atoms with E-state index in [-0.39, 0.29) is 16.7 Å². The SMILES string of the molecule is CN(C)S(=O)(=O)c1ccc(CNC(=O)c2csc(-c3ccccc3)n2)s1. The molecular formula is C17H17N3O3S3. The molecule has 0 spiro atoms. The summed E-state index contributed by atoms with van der Waals surface area (Å²) in [5, 5.41) is 5.28. The minimum Gasteiger partial charge on any atom is -0.346 e. The molecular weight excluding hydrogens is 390 g/mol. The second kappa shape index (κ2) is 7.67. The lowest BCUT2D eigenvalue weighted by atomic mass is 10.2. The third-order valence-corrected chi connectivity index (χ3v) is 7.81. The molecule has 0 aliphatic carbocycles. The summed E-state index contributed by atoms with van der Waals surface area (Å²) >= 11 is 2.55. The monoisotopic (exact) mass is 407 g/mol. The Labute approximate surface area is 160 Å². The normalized spacial score (nSPS) is 11.7. The zero-order chi connectivity index (χ0) is 18.7. The molecule has 1 N–H and O–H groups in total. The molecule has 9 heteroatoms. The van der Waals surface area contributed by atoms with Gasteiger partial charge in [0.15, 0.2) is 0 Å². The van der Waals surface area contributed by atoms with Crippen LogP contribution in [-0.2, 0) is 16.6 Å². The molecule has 0 radical (unpaired) electrons. The van der Waals surface area contributed by atoms with E-state index >= 15 is 0 Å². The van der Waals surface area contributed by atoms with Crippen molar-refractivity contribution >= 4 is 38.6 Å². The fourth-order valence-electron chi connectivity index (χ4n) is 2.12. The van der Waals surface area contributed by atoms with E-state index in [0.717, 1.165) is 26.8 Å². The lowest BCUT2D eigenvalue weighted by Crippen LogP contribution is -2.22. The van der Waals surface area contributed by atoms with Gasteiger partial charge in [-0.3, -0.25) is 4.79 Å². The Morgan fingerprint density at radius 1 is 1.15 bits per heavy atom. The first-order valence-electron chi connectivity index (χ1n) is 7.68. The predicted octanol–water partition coefficient (Wildman–Crippen LogP) is 3.05. The Morgan fingerprint density at radius 2 is 1.88 bits per heavy atom. The second-order valence-corrected chi connectivity index (χ2v) is 10.00. The van der Waals surface area contributed by atoms with Crippen LogP contribution < -0.4 is 5.32 Å². The highest BCUT2D eigenvalue weighted by atomic mass is 32.2. The van der Waals surface area contributed by atoms with Crippen LogP contribution in [0.1, 0.15) is 15.4 Å². The smallest absolute Gasteiger partial charge is 0.271 e. The number of sulfonamides is 1. The summed E-state index contributed by atoms with van der Waals surface area (Å²) in [5.74, 6) is -0.283. The summed E-state index contributed by atoms with van der Waals surface area (Å²) in [5.41, 5.74) is 1.32. The Hall–Kier alpha value is -2.07. The highest BCUT2D eigenvalue weighted by molar-refractivity contribution is 7.91. The largest absolute Gasteiger partial charge is 0.346 e. The van der Waals surface area contributed by atoms with Crippen molar-refractivity contribution in [2.45, 2.75) is 10.8 Å². The van der Waals surface area contributed by atoms with Crippen LogP contribution in [-0.4, -0.2) is 37.7 Å². The molecule has 2 aromatic heterocycles. The molecule has 0 unspecified atom stereocenters. The van der Waals surface area contributed by atoms with Gasteiger partial charge >= 0.3 is 0 Å². The van der Waals surface area contributed by atoms with Crippen LogP contribution in [0, 0.1) is 0 Å². The molecule has 1 aromatic carbocycles. The van der Waals surface area contributed by atoms with Gasteiger partial charge in [-0.1, -0.05) is 30.3 Å². The molecule has 3 rings (SSSR count).